The number of aromatic nitrogens is 2. The number of epoxide rings is 2. The van der Waals surface area contributed by atoms with Crippen molar-refractivity contribution in [3.63, 3.8) is 0 Å². The average Bonchev–Trinajstić information content (AvgIpc) is 3.87. The first-order valence-corrected chi connectivity index (χ1v) is 13.2. The van der Waals surface area contributed by atoms with Crippen molar-refractivity contribution in [2.24, 2.45) is 0 Å². The topological polar surface area (TPSA) is 90.7 Å². The van der Waals surface area contributed by atoms with Gasteiger partial charge in [0.05, 0.1) is 51.0 Å². The van der Waals surface area contributed by atoms with Gasteiger partial charge in [-0.1, -0.05) is 0 Å². The van der Waals surface area contributed by atoms with Gasteiger partial charge in [-0.05, 0) is 85.8 Å². The summed E-state index contributed by atoms with van der Waals surface area (Å²) >= 11 is 0. The summed E-state index contributed by atoms with van der Waals surface area (Å²) in [5, 5.41) is 7.64. The van der Waals surface area contributed by atoms with E-state index in [1.165, 1.54) is 0 Å². The smallest absolute Gasteiger partial charge is 0.119 e. The number of hydrogen-bond acceptors (Lipinski definition) is 7. The van der Waals surface area contributed by atoms with Crippen molar-refractivity contribution in [1.82, 2.24) is 10.2 Å². The average molecular weight is 509 g/mol. The van der Waals surface area contributed by atoms with Gasteiger partial charge < -0.3 is 28.4 Å². The SMILES string of the molecule is c1cc(-c2cc(-c3ccc(OCCCCOCC4CO4)cc3)[nH]n2)ccc1OCCCCOCC1CO1. The minimum atomic E-state index is 0.333. The summed E-state index contributed by atoms with van der Waals surface area (Å²) in [6, 6.07) is 18.2. The minimum absolute atomic E-state index is 0.333. The molecule has 5 rings (SSSR count). The minimum Gasteiger partial charge on any atom is -0.494 e. The van der Waals surface area contributed by atoms with Gasteiger partial charge in [-0.2, -0.15) is 5.10 Å². The van der Waals surface area contributed by atoms with Crippen LogP contribution >= 0.6 is 0 Å². The Morgan fingerprint density at radius 2 is 1.16 bits per heavy atom. The number of hydrogen-bond donors (Lipinski definition) is 1. The molecule has 37 heavy (non-hydrogen) atoms. The van der Waals surface area contributed by atoms with Crippen molar-refractivity contribution in [3.05, 3.63) is 54.6 Å². The Labute approximate surface area is 218 Å². The quantitative estimate of drug-likeness (QED) is 0.193. The zero-order valence-corrected chi connectivity index (χ0v) is 21.2. The maximum Gasteiger partial charge on any atom is 0.119 e. The van der Waals surface area contributed by atoms with E-state index in [1.807, 2.05) is 48.5 Å². The number of aromatic amines is 1. The molecule has 2 fully saturated rings. The number of ether oxygens (including phenoxy) is 6. The summed E-state index contributed by atoms with van der Waals surface area (Å²) < 4.78 is 33.1. The van der Waals surface area contributed by atoms with E-state index in [2.05, 4.69) is 16.3 Å². The molecule has 2 aromatic carbocycles. The van der Waals surface area contributed by atoms with E-state index in [9.17, 15) is 0 Å². The van der Waals surface area contributed by atoms with Gasteiger partial charge in [-0.25, -0.2) is 0 Å². The molecule has 2 atom stereocenters. The normalized spacial score (nSPS) is 18.1. The molecule has 0 spiro atoms. The Hall–Kier alpha value is -2.91. The fourth-order valence-corrected chi connectivity index (χ4v) is 3.82. The van der Waals surface area contributed by atoms with Gasteiger partial charge in [0.25, 0.3) is 0 Å². The Kier molecular flexibility index (Phi) is 9.44. The highest BCUT2D eigenvalue weighted by Gasteiger charge is 2.22. The zero-order valence-electron chi connectivity index (χ0n) is 21.2. The molecule has 0 radical (unpaired) electrons. The van der Waals surface area contributed by atoms with Crippen molar-refractivity contribution >= 4 is 0 Å². The molecule has 3 heterocycles. The molecule has 8 heteroatoms. The van der Waals surface area contributed by atoms with Gasteiger partial charge in [0, 0.05) is 18.8 Å². The van der Waals surface area contributed by atoms with Crippen LogP contribution in [0.5, 0.6) is 11.5 Å². The van der Waals surface area contributed by atoms with Gasteiger partial charge in [0.1, 0.15) is 23.7 Å². The molecule has 8 nitrogen and oxygen atoms in total. The molecule has 2 aliphatic rings. The van der Waals surface area contributed by atoms with Crippen LogP contribution in [0.15, 0.2) is 54.6 Å². The van der Waals surface area contributed by atoms with Crippen LogP contribution in [-0.2, 0) is 18.9 Å². The second-order valence-electron chi connectivity index (χ2n) is 9.39. The van der Waals surface area contributed by atoms with Gasteiger partial charge in [0.15, 0.2) is 0 Å². The van der Waals surface area contributed by atoms with E-state index in [4.69, 9.17) is 28.4 Å². The van der Waals surface area contributed by atoms with Crippen molar-refractivity contribution < 1.29 is 28.4 Å². The fraction of sp³-hybridized carbons (Fsp3) is 0.483. The van der Waals surface area contributed by atoms with Gasteiger partial charge >= 0.3 is 0 Å². The van der Waals surface area contributed by atoms with Gasteiger partial charge in [0.2, 0.25) is 0 Å². The van der Waals surface area contributed by atoms with Crippen molar-refractivity contribution in [2.45, 2.75) is 37.9 Å². The molecule has 2 unspecified atom stereocenters. The first-order chi connectivity index (χ1) is 18.3. The van der Waals surface area contributed by atoms with Crippen molar-refractivity contribution in [2.75, 3.05) is 52.9 Å². The molecule has 0 saturated carbocycles. The second-order valence-corrected chi connectivity index (χ2v) is 9.39. The van der Waals surface area contributed by atoms with E-state index in [-0.39, 0.29) is 0 Å². The number of unbranched alkanes of at least 4 members (excludes halogenated alkanes) is 2. The highest BCUT2D eigenvalue weighted by molar-refractivity contribution is 5.68. The summed E-state index contributed by atoms with van der Waals surface area (Å²) in [6.45, 7) is 5.99. The van der Waals surface area contributed by atoms with Crippen molar-refractivity contribution in [3.8, 4) is 34.0 Å². The number of H-pyrrole nitrogens is 1. The van der Waals surface area contributed by atoms with Crippen LogP contribution in [0.3, 0.4) is 0 Å². The lowest BCUT2D eigenvalue weighted by molar-refractivity contribution is 0.110. The third-order valence-corrected chi connectivity index (χ3v) is 6.21. The van der Waals surface area contributed by atoms with Crippen LogP contribution in [0.25, 0.3) is 22.5 Å². The van der Waals surface area contributed by atoms with Crippen LogP contribution in [0, 0.1) is 0 Å². The summed E-state index contributed by atoms with van der Waals surface area (Å²) in [7, 11) is 0. The van der Waals surface area contributed by atoms with E-state index in [0.717, 1.165) is 86.1 Å². The predicted octanol–water partition coefficient (Wildman–Crippen LogP) is 4.89. The third-order valence-electron chi connectivity index (χ3n) is 6.21. The van der Waals surface area contributed by atoms with E-state index >= 15 is 0 Å². The molecular formula is C29H36N2O6. The number of rotatable bonds is 18. The highest BCUT2D eigenvalue weighted by Crippen LogP contribution is 2.27. The van der Waals surface area contributed by atoms with Crippen LogP contribution in [0.2, 0.25) is 0 Å². The summed E-state index contributed by atoms with van der Waals surface area (Å²) in [5.74, 6) is 1.73. The first-order valence-electron chi connectivity index (χ1n) is 13.2. The number of nitrogens with one attached hydrogen (secondary N) is 1. The fourth-order valence-electron chi connectivity index (χ4n) is 3.82. The molecule has 1 N–H and O–H groups in total. The number of benzene rings is 2. The van der Waals surface area contributed by atoms with Crippen LogP contribution in [0.1, 0.15) is 25.7 Å². The lowest BCUT2D eigenvalue weighted by Crippen LogP contribution is -2.04. The predicted molar refractivity (Wildman–Crippen MR) is 140 cm³/mol. The summed E-state index contributed by atoms with van der Waals surface area (Å²) in [6.07, 6.45) is 4.57. The van der Waals surface area contributed by atoms with Crippen LogP contribution in [0.4, 0.5) is 0 Å². The Morgan fingerprint density at radius 1 is 0.676 bits per heavy atom. The Balaban J connectivity index is 0.999. The van der Waals surface area contributed by atoms with E-state index in [1.54, 1.807) is 0 Å². The molecule has 2 saturated heterocycles. The second kappa shape index (κ2) is 13.6. The zero-order chi connectivity index (χ0) is 25.1. The van der Waals surface area contributed by atoms with E-state index in [0.29, 0.717) is 38.6 Å². The van der Waals surface area contributed by atoms with Crippen molar-refractivity contribution in [1.29, 1.82) is 0 Å². The molecule has 2 aliphatic heterocycles. The van der Waals surface area contributed by atoms with Gasteiger partial charge in [-0.15, -0.1) is 0 Å². The van der Waals surface area contributed by atoms with Crippen LogP contribution in [-0.4, -0.2) is 75.3 Å². The molecule has 198 valence electrons. The lowest BCUT2D eigenvalue weighted by atomic mass is 10.1. The first kappa shape index (κ1) is 25.7. The molecular weight excluding hydrogens is 472 g/mol. The maximum absolute atomic E-state index is 5.86. The molecule has 0 aliphatic carbocycles. The highest BCUT2D eigenvalue weighted by atomic mass is 16.6. The standard InChI is InChI=1S/C29H36N2O6/c1(13-32-18-26-20-36-26)3-15-34-24-9-5-22(6-10-24)28-17-29(31-30-28)23-7-11-25(12-8-23)35-16-4-2-14-33-19-27-21-37-27/h5-12,17,26-27H,1-4,13-16,18-21H2,(H,30,31). The monoisotopic (exact) mass is 508 g/mol. The molecule has 3 aromatic rings. The molecule has 0 amide bonds. The molecule has 1 aromatic heterocycles. The Bertz CT molecular complexity index is 977. The van der Waals surface area contributed by atoms with E-state index < -0.39 is 0 Å². The Morgan fingerprint density at radius 3 is 1.68 bits per heavy atom. The largest absolute Gasteiger partial charge is 0.494 e. The van der Waals surface area contributed by atoms with Crippen LogP contribution < -0.4 is 9.47 Å². The summed E-state index contributed by atoms with van der Waals surface area (Å²) in [5.41, 5.74) is 3.97. The maximum atomic E-state index is 5.86. The number of nitrogens with zero attached hydrogens (tertiary/aromatic N) is 1. The lowest BCUT2D eigenvalue weighted by Gasteiger charge is -2.07. The third kappa shape index (κ3) is 8.86. The van der Waals surface area contributed by atoms with Gasteiger partial charge in [-0.3, -0.25) is 5.10 Å². The summed E-state index contributed by atoms with van der Waals surface area (Å²) in [4.78, 5) is 0. The molecule has 0 bridgehead atoms.